The lowest BCUT2D eigenvalue weighted by molar-refractivity contribution is 0.0953. The Kier molecular flexibility index (Phi) is 7.53. The van der Waals surface area contributed by atoms with Crippen LogP contribution in [-0.2, 0) is 0 Å². The molecule has 0 bridgehead atoms. The molecule has 0 aliphatic heterocycles. The minimum absolute atomic E-state index is 0.0774. The molecule has 0 heterocycles. The fraction of sp³-hybridized carbons (Fsp3) is 0.333. The number of halogens is 1. The van der Waals surface area contributed by atoms with Crippen LogP contribution in [0.25, 0.3) is 0 Å². The molecule has 0 aromatic heterocycles. The van der Waals surface area contributed by atoms with Crippen LogP contribution < -0.4 is 16.4 Å². The number of benzene rings is 1. The van der Waals surface area contributed by atoms with Crippen LogP contribution in [-0.4, -0.2) is 31.5 Å². The summed E-state index contributed by atoms with van der Waals surface area (Å²) >= 11 is 3.33. The molecule has 0 saturated heterocycles. The molecule has 4 N–H and O–H groups in total. The third-order valence-electron chi connectivity index (χ3n) is 2.57. The normalized spacial score (nSPS) is 11.0. The van der Waals surface area contributed by atoms with Crippen molar-refractivity contribution in [1.29, 1.82) is 0 Å². The summed E-state index contributed by atoms with van der Waals surface area (Å²) < 4.78 is 0.952. The zero-order valence-corrected chi connectivity index (χ0v) is 13.7. The number of rotatable bonds is 7. The topological polar surface area (TPSA) is 79.5 Å². The molecule has 21 heavy (non-hydrogen) atoms. The first-order valence-electron chi connectivity index (χ1n) is 6.71. The van der Waals surface area contributed by atoms with Crippen LogP contribution in [0.3, 0.4) is 0 Å². The molecule has 0 aliphatic carbocycles. The predicted octanol–water partition coefficient (Wildman–Crippen LogP) is 2.05. The summed E-state index contributed by atoms with van der Waals surface area (Å²) in [6.07, 6.45) is 0.769. The Bertz CT molecular complexity index is 511. The summed E-state index contributed by atoms with van der Waals surface area (Å²) in [5.74, 6) is 0.323. The van der Waals surface area contributed by atoms with E-state index in [-0.39, 0.29) is 5.91 Å². The summed E-state index contributed by atoms with van der Waals surface area (Å²) in [6, 6.07) is 7.24. The first-order valence-corrected chi connectivity index (χ1v) is 7.50. The van der Waals surface area contributed by atoms with E-state index in [9.17, 15) is 4.79 Å². The highest BCUT2D eigenvalue weighted by molar-refractivity contribution is 9.10. The van der Waals surface area contributed by atoms with Crippen LogP contribution in [0.4, 0.5) is 0 Å². The van der Waals surface area contributed by atoms with Crippen LogP contribution in [0.15, 0.2) is 45.9 Å². The zero-order chi connectivity index (χ0) is 15.7. The van der Waals surface area contributed by atoms with Crippen molar-refractivity contribution in [3.05, 3.63) is 46.5 Å². The van der Waals surface area contributed by atoms with E-state index < -0.39 is 0 Å². The molecule has 0 atom stereocenters. The molecule has 0 aliphatic rings. The number of nitrogens with two attached hydrogens (primary N) is 1. The molecule has 1 aromatic rings. The zero-order valence-electron chi connectivity index (χ0n) is 12.2. The Morgan fingerprint density at radius 3 is 2.52 bits per heavy atom. The van der Waals surface area contributed by atoms with Crippen LogP contribution in [0.5, 0.6) is 0 Å². The average molecular weight is 353 g/mol. The van der Waals surface area contributed by atoms with Gasteiger partial charge in [-0.15, -0.1) is 0 Å². The minimum atomic E-state index is -0.0774. The van der Waals surface area contributed by atoms with Crippen LogP contribution in [0.1, 0.15) is 23.7 Å². The Hall–Kier alpha value is -1.82. The molecular formula is C15H21BrN4O. The van der Waals surface area contributed by atoms with Crippen LogP contribution in [0, 0.1) is 0 Å². The number of nitrogens with zero attached hydrogens (tertiary/aromatic N) is 1. The van der Waals surface area contributed by atoms with Crippen molar-refractivity contribution in [3.8, 4) is 0 Å². The summed E-state index contributed by atoms with van der Waals surface area (Å²) in [5, 5.41) is 5.84. The summed E-state index contributed by atoms with van der Waals surface area (Å²) in [6.45, 7) is 7.41. The standard InChI is InChI=1S/C15H21BrN4O/c1-11(2)10-20-15(17)19-9-3-8-18-14(21)12-4-6-13(16)7-5-12/h4-7H,1,3,8-10H2,2H3,(H,18,21)(H3,17,19,20). The Morgan fingerprint density at radius 1 is 1.29 bits per heavy atom. The van der Waals surface area contributed by atoms with Gasteiger partial charge in [-0.25, -0.2) is 4.99 Å². The molecule has 0 fully saturated rings. The monoisotopic (exact) mass is 352 g/mol. The lowest BCUT2D eigenvalue weighted by Gasteiger charge is -2.07. The quantitative estimate of drug-likeness (QED) is 0.304. The molecule has 6 heteroatoms. The first-order chi connectivity index (χ1) is 9.99. The molecule has 0 saturated carbocycles. The number of hydrogen-bond acceptors (Lipinski definition) is 2. The largest absolute Gasteiger partial charge is 0.370 e. The highest BCUT2D eigenvalue weighted by atomic mass is 79.9. The fourth-order valence-electron chi connectivity index (χ4n) is 1.49. The second-order valence-electron chi connectivity index (χ2n) is 4.70. The molecule has 1 rings (SSSR count). The average Bonchev–Trinajstić information content (AvgIpc) is 2.45. The van der Waals surface area contributed by atoms with Gasteiger partial charge in [0.25, 0.3) is 5.91 Å². The van der Waals surface area contributed by atoms with E-state index in [1.165, 1.54) is 0 Å². The van der Waals surface area contributed by atoms with Crippen molar-refractivity contribution in [2.45, 2.75) is 13.3 Å². The lowest BCUT2D eigenvalue weighted by atomic mass is 10.2. The van der Waals surface area contributed by atoms with Gasteiger partial charge >= 0.3 is 0 Å². The smallest absolute Gasteiger partial charge is 0.251 e. The molecule has 1 amide bonds. The SMILES string of the molecule is C=C(C)CN=C(N)NCCCNC(=O)c1ccc(Br)cc1. The maximum absolute atomic E-state index is 11.8. The van der Waals surface area contributed by atoms with Gasteiger partial charge in [-0.3, -0.25) is 4.79 Å². The van der Waals surface area contributed by atoms with E-state index in [4.69, 9.17) is 5.73 Å². The minimum Gasteiger partial charge on any atom is -0.370 e. The molecule has 5 nitrogen and oxygen atoms in total. The predicted molar refractivity (Wildman–Crippen MR) is 90.4 cm³/mol. The van der Waals surface area contributed by atoms with Crippen molar-refractivity contribution in [1.82, 2.24) is 10.6 Å². The van der Waals surface area contributed by atoms with E-state index in [1.54, 1.807) is 12.1 Å². The van der Waals surface area contributed by atoms with E-state index in [2.05, 4.69) is 38.1 Å². The van der Waals surface area contributed by atoms with Gasteiger partial charge in [0, 0.05) is 23.1 Å². The molecular weight excluding hydrogens is 332 g/mol. The Labute approximate surface area is 133 Å². The number of carbonyl (C=O) groups excluding carboxylic acids is 1. The summed E-state index contributed by atoms with van der Waals surface area (Å²) in [4.78, 5) is 15.9. The van der Waals surface area contributed by atoms with Crippen molar-refractivity contribution in [3.63, 3.8) is 0 Å². The van der Waals surface area contributed by atoms with Gasteiger partial charge in [0.05, 0.1) is 6.54 Å². The molecule has 114 valence electrons. The van der Waals surface area contributed by atoms with Crippen LogP contribution in [0.2, 0.25) is 0 Å². The van der Waals surface area contributed by atoms with Gasteiger partial charge in [-0.05, 0) is 37.6 Å². The van der Waals surface area contributed by atoms with Gasteiger partial charge in [0.2, 0.25) is 0 Å². The van der Waals surface area contributed by atoms with Crippen molar-refractivity contribution < 1.29 is 4.79 Å². The van der Waals surface area contributed by atoms with E-state index >= 15 is 0 Å². The van der Waals surface area contributed by atoms with E-state index in [0.29, 0.717) is 31.2 Å². The third kappa shape index (κ3) is 7.51. The highest BCUT2D eigenvalue weighted by Crippen LogP contribution is 2.10. The number of nitrogens with one attached hydrogen (secondary N) is 2. The number of guanidine groups is 1. The van der Waals surface area contributed by atoms with Gasteiger partial charge in [0.15, 0.2) is 5.96 Å². The highest BCUT2D eigenvalue weighted by Gasteiger charge is 2.03. The Balaban J connectivity index is 2.19. The summed E-state index contributed by atoms with van der Waals surface area (Å²) in [5.41, 5.74) is 7.28. The number of amides is 1. The number of aliphatic imine (C=N–C) groups is 1. The van der Waals surface area contributed by atoms with Crippen molar-refractivity contribution in [2.24, 2.45) is 10.7 Å². The molecule has 1 aromatic carbocycles. The first kappa shape index (κ1) is 17.2. The van der Waals surface area contributed by atoms with Crippen molar-refractivity contribution >= 4 is 27.8 Å². The number of carbonyl (C=O) groups is 1. The molecule has 0 unspecified atom stereocenters. The fourth-order valence-corrected chi connectivity index (χ4v) is 1.75. The maximum atomic E-state index is 11.8. The molecule has 0 spiro atoms. The van der Waals surface area contributed by atoms with Crippen molar-refractivity contribution in [2.75, 3.05) is 19.6 Å². The number of hydrogen-bond donors (Lipinski definition) is 3. The second-order valence-corrected chi connectivity index (χ2v) is 5.62. The van der Waals surface area contributed by atoms with Gasteiger partial charge in [-0.2, -0.15) is 0 Å². The lowest BCUT2D eigenvalue weighted by Crippen LogP contribution is -2.34. The van der Waals surface area contributed by atoms with Gasteiger partial charge in [-0.1, -0.05) is 28.1 Å². The Morgan fingerprint density at radius 2 is 1.90 bits per heavy atom. The second kappa shape index (κ2) is 9.18. The molecule has 0 radical (unpaired) electrons. The third-order valence-corrected chi connectivity index (χ3v) is 3.10. The van der Waals surface area contributed by atoms with Crippen LogP contribution >= 0.6 is 15.9 Å². The van der Waals surface area contributed by atoms with E-state index in [1.807, 2.05) is 19.1 Å². The van der Waals surface area contributed by atoms with Gasteiger partial charge in [0.1, 0.15) is 0 Å². The van der Waals surface area contributed by atoms with E-state index in [0.717, 1.165) is 16.5 Å². The van der Waals surface area contributed by atoms with Gasteiger partial charge < -0.3 is 16.4 Å². The summed E-state index contributed by atoms with van der Waals surface area (Å²) in [7, 11) is 0. The maximum Gasteiger partial charge on any atom is 0.251 e.